The summed E-state index contributed by atoms with van der Waals surface area (Å²) in [7, 11) is -1.73. The van der Waals surface area contributed by atoms with Crippen LogP contribution >= 0.6 is 20.3 Å². The number of aromatic nitrogens is 2. The Balaban J connectivity index is 1.63. The van der Waals surface area contributed by atoms with Crippen molar-refractivity contribution in [3.8, 4) is 5.75 Å². The molecule has 3 rings (SSSR count). The van der Waals surface area contributed by atoms with Crippen molar-refractivity contribution in [1.82, 2.24) is 14.6 Å². The fourth-order valence-electron chi connectivity index (χ4n) is 3.04. The van der Waals surface area contributed by atoms with E-state index in [1.165, 1.54) is 28.6 Å². The number of hydrogen-bond donors (Lipinski definition) is 2. The monoisotopic (exact) mass is 498 g/mol. The second-order valence-electron chi connectivity index (χ2n) is 7.74. The molecule has 1 fully saturated rings. The highest BCUT2D eigenvalue weighted by Crippen LogP contribution is 2.45. The Morgan fingerprint density at radius 1 is 1.33 bits per heavy atom. The minimum Gasteiger partial charge on any atom is -0.462 e. The predicted molar refractivity (Wildman–Crippen MR) is 127 cm³/mol. The van der Waals surface area contributed by atoms with Crippen LogP contribution in [0.15, 0.2) is 47.4 Å². The van der Waals surface area contributed by atoms with Gasteiger partial charge in [-0.25, -0.2) is 14.3 Å². The van der Waals surface area contributed by atoms with Crippen LogP contribution in [0, 0.1) is 0 Å². The lowest BCUT2D eigenvalue weighted by Crippen LogP contribution is -2.35. The SMILES string of the molecule is CC(C)OC(=O)[C@H](C)N[P@](OC[C@@H]1C[C@H](F)[C@H](n2ccc(N)nc2=O)S1)Oc1ccccc1. The van der Waals surface area contributed by atoms with Crippen LogP contribution in [0.5, 0.6) is 5.75 Å². The van der Waals surface area contributed by atoms with Crippen LogP contribution in [0.4, 0.5) is 10.2 Å². The Hall–Kier alpha value is -2.20. The van der Waals surface area contributed by atoms with E-state index in [0.29, 0.717) is 5.75 Å². The highest BCUT2D eigenvalue weighted by atomic mass is 32.2. The number of nitrogens with one attached hydrogen (secondary N) is 1. The van der Waals surface area contributed by atoms with Crippen molar-refractivity contribution in [2.45, 2.75) is 56.1 Å². The summed E-state index contributed by atoms with van der Waals surface area (Å²) in [6.45, 7) is 5.37. The summed E-state index contributed by atoms with van der Waals surface area (Å²) in [5, 5.41) is 2.09. The van der Waals surface area contributed by atoms with Crippen molar-refractivity contribution >= 4 is 32.1 Å². The average molecular weight is 499 g/mol. The topological polar surface area (TPSA) is 118 Å². The van der Waals surface area contributed by atoms with Crippen LogP contribution in [0.3, 0.4) is 0 Å². The lowest BCUT2D eigenvalue weighted by atomic mass is 10.2. The third-order valence-corrected chi connectivity index (χ3v) is 7.44. The highest BCUT2D eigenvalue weighted by Gasteiger charge is 2.38. The molecule has 0 unspecified atom stereocenters. The molecule has 1 aromatic carbocycles. The fraction of sp³-hybridized carbons (Fsp3) is 0.476. The van der Waals surface area contributed by atoms with Crippen LogP contribution < -0.4 is 21.0 Å². The number of carbonyl (C=O) groups is 1. The van der Waals surface area contributed by atoms with Gasteiger partial charge in [0.05, 0.1) is 12.7 Å². The van der Waals surface area contributed by atoms with Crippen LogP contribution in [-0.2, 0) is 14.1 Å². The second kappa shape index (κ2) is 11.8. The van der Waals surface area contributed by atoms with Gasteiger partial charge >= 0.3 is 20.2 Å². The number of nitrogen functional groups attached to an aromatic ring is 1. The molecular weight excluding hydrogens is 470 g/mol. The van der Waals surface area contributed by atoms with Gasteiger partial charge in [-0.3, -0.25) is 9.36 Å². The third kappa shape index (κ3) is 7.40. The van der Waals surface area contributed by atoms with E-state index < -0.39 is 37.8 Å². The Kier molecular flexibility index (Phi) is 9.08. The van der Waals surface area contributed by atoms with E-state index >= 15 is 0 Å². The molecule has 5 atom stereocenters. The summed E-state index contributed by atoms with van der Waals surface area (Å²) in [6, 6.07) is 9.85. The maximum absolute atomic E-state index is 14.7. The number of thioether (sulfide) groups is 1. The van der Waals surface area contributed by atoms with Gasteiger partial charge in [-0.05, 0) is 45.4 Å². The molecule has 0 amide bonds. The van der Waals surface area contributed by atoms with Crippen LogP contribution in [0.1, 0.15) is 32.6 Å². The van der Waals surface area contributed by atoms with E-state index in [9.17, 15) is 14.0 Å². The number of nitrogens with zero attached hydrogens (tertiary/aromatic N) is 2. The summed E-state index contributed by atoms with van der Waals surface area (Å²) in [4.78, 5) is 28.0. The van der Waals surface area contributed by atoms with E-state index in [-0.39, 0.29) is 30.2 Å². The van der Waals surface area contributed by atoms with Crippen molar-refractivity contribution in [3.63, 3.8) is 0 Å². The zero-order valence-corrected chi connectivity index (χ0v) is 20.3. The van der Waals surface area contributed by atoms with Gasteiger partial charge in [0, 0.05) is 11.4 Å². The van der Waals surface area contributed by atoms with Crippen molar-refractivity contribution in [1.29, 1.82) is 0 Å². The van der Waals surface area contributed by atoms with E-state index in [0.717, 1.165) is 0 Å². The van der Waals surface area contributed by atoms with Gasteiger partial charge in [-0.2, -0.15) is 4.98 Å². The molecule has 1 aromatic heterocycles. The molecule has 3 N–H and O–H groups in total. The molecule has 1 aliphatic rings. The number of hydrogen-bond acceptors (Lipinski definition) is 9. The summed E-state index contributed by atoms with van der Waals surface area (Å²) >= 11 is 1.29. The van der Waals surface area contributed by atoms with E-state index in [4.69, 9.17) is 19.5 Å². The largest absolute Gasteiger partial charge is 0.462 e. The van der Waals surface area contributed by atoms with Gasteiger partial charge in [0.2, 0.25) is 0 Å². The fourth-order valence-corrected chi connectivity index (χ4v) is 5.78. The maximum Gasteiger partial charge on any atom is 0.350 e. The quantitative estimate of drug-likeness (QED) is 0.375. The molecule has 2 heterocycles. The summed E-state index contributed by atoms with van der Waals surface area (Å²) in [6.07, 6.45) is 0.156. The Morgan fingerprint density at radius 2 is 2.06 bits per heavy atom. The van der Waals surface area contributed by atoms with Crippen molar-refractivity contribution in [2.24, 2.45) is 0 Å². The lowest BCUT2D eigenvalue weighted by Gasteiger charge is -2.23. The lowest BCUT2D eigenvalue weighted by molar-refractivity contribution is -0.149. The van der Waals surface area contributed by atoms with Crippen LogP contribution in [0.25, 0.3) is 0 Å². The number of carbonyl (C=O) groups excluding carboxylic acids is 1. The first-order valence-corrected chi connectivity index (χ1v) is 12.6. The van der Waals surface area contributed by atoms with E-state index in [1.54, 1.807) is 32.9 Å². The van der Waals surface area contributed by atoms with Gasteiger partial charge < -0.3 is 19.5 Å². The number of para-hydroxylation sites is 1. The Bertz CT molecular complexity index is 983. The van der Waals surface area contributed by atoms with Gasteiger partial charge in [-0.1, -0.05) is 18.2 Å². The number of benzene rings is 1. The second-order valence-corrected chi connectivity index (χ2v) is 10.4. The van der Waals surface area contributed by atoms with Gasteiger partial charge in [0.1, 0.15) is 29.2 Å². The predicted octanol–water partition coefficient (Wildman–Crippen LogP) is 3.42. The first-order valence-electron chi connectivity index (χ1n) is 10.5. The number of anilines is 1. The Labute approximate surface area is 197 Å². The molecule has 0 aliphatic carbocycles. The number of alkyl halides is 1. The third-order valence-electron chi connectivity index (χ3n) is 4.57. The molecule has 12 heteroatoms. The summed E-state index contributed by atoms with van der Waals surface area (Å²) in [5.74, 6) is 0.238. The molecule has 180 valence electrons. The normalized spacial score (nSPS) is 22.2. The molecule has 0 saturated carbocycles. The number of rotatable bonds is 10. The molecular formula is C21H28FN4O5PS. The smallest absolute Gasteiger partial charge is 0.350 e. The first-order chi connectivity index (χ1) is 15.7. The van der Waals surface area contributed by atoms with Gasteiger partial charge in [0.25, 0.3) is 0 Å². The van der Waals surface area contributed by atoms with Crippen molar-refractivity contribution in [3.05, 3.63) is 53.1 Å². The molecule has 9 nitrogen and oxygen atoms in total. The number of nitrogens with two attached hydrogens (primary N) is 1. The molecule has 2 aromatic rings. The summed E-state index contributed by atoms with van der Waals surface area (Å²) in [5.41, 5.74) is 4.93. The molecule has 0 bridgehead atoms. The molecule has 0 spiro atoms. The minimum atomic E-state index is -1.73. The Morgan fingerprint density at radius 3 is 2.73 bits per heavy atom. The summed E-state index contributed by atoms with van der Waals surface area (Å²) < 4.78 is 33.1. The first kappa shape index (κ1) is 25.4. The number of halogens is 1. The molecule has 0 radical (unpaired) electrons. The average Bonchev–Trinajstić information content (AvgIpc) is 3.12. The van der Waals surface area contributed by atoms with E-state index in [2.05, 4.69) is 10.1 Å². The zero-order chi connectivity index (χ0) is 24.0. The van der Waals surface area contributed by atoms with Gasteiger partial charge in [0.15, 0.2) is 0 Å². The van der Waals surface area contributed by atoms with Crippen LogP contribution in [0.2, 0.25) is 0 Å². The standard InChI is InChI=1S/C21H28FN4O5PS/c1-13(2)30-20(27)14(3)25-32(31-15-7-5-4-6-8-15)29-12-16-11-17(22)19(33-16)26-10-9-18(23)24-21(26)28/h4-10,13-14,16-17,19,25H,11-12H2,1-3H3,(H2,23,24,28)/t14-,16-,17-,19+,32+/m0/s1. The molecule has 1 saturated heterocycles. The highest BCUT2D eigenvalue weighted by molar-refractivity contribution is 8.00. The number of esters is 1. The number of ether oxygens (including phenoxy) is 1. The minimum absolute atomic E-state index is 0.0921. The maximum atomic E-state index is 14.7. The van der Waals surface area contributed by atoms with Crippen LogP contribution in [-0.4, -0.2) is 45.7 Å². The van der Waals surface area contributed by atoms with E-state index in [1.807, 2.05) is 18.2 Å². The van der Waals surface area contributed by atoms with Crippen molar-refractivity contribution < 1.29 is 23.0 Å². The zero-order valence-electron chi connectivity index (χ0n) is 18.6. The van der Waals surface area contributed by atoms with Gasteiger partial charge in [-0.15, -0.1) is 11.8 Å². The van der Waals surface area contributed by atoms with Crippen molar-refractivity contribution in [2.75, 3.05) is 12.3 Å². The molecule has 33 heavy (non-hydrogen) atoms. The molecule has 1 aliphatic heterocycles.